The zero-order valence-electron chi connectivity index (χ0n) is 10.4. The molecule has 0 spiro atoms. The molecule has 3 nitrogen and oxygen atoms in total. The zero-order valence-corrected chi connectivity index (χ0v) is 12.8. The second-order valence-electron chi connectivity index (χ2n) is 4.53. The van der Waals surface area contributed by atoms with Gasteiger partial charge in [0.2, 0.25) is 0 Å². The summed E-state index contributed by atoms with van der Waals surface area (Å²) >= 11 is 5.21. The first-order chi connectivity index (χ1) is 8.69. The molecule has 2 rings (SSSR count). The highest BCUT2D eigenvalue weighted by atomic mass is 79.9. The van der Waals surface area contributed by atoms with Gasteiger partial charge in [-0.3, -0.25) is 4.79 Å². The normalized spacial score (nSPS) is 23.7. The highest BCUT2D eigenvalue weighted by molar-refractivity contribution is 9.10. The molecule has 0 aromatic carbocycles. The number of nitrogens with zero attached hydrogens (tertiary/aromatic N) is 1. The van der Waals surface area contributed by atoms with E-state index in [1.54, 1.807) is 6.07 Å². The van der Waals surface area contributed by atoms with Crippen LogP contribution in [-0.2, 0) is 0 Å². The number of thioether (sulfide) groups is 1. The second-order valence-corrected chi connectivity index (χ2v) is 6.48. The van der Waals surface area contributed by atoms with Crippen molar-refractivity contribution >= 4 is 33.6 Å². The predicted octanol–water partition coefficient (Wildman–Crippen LogP) is 3.25. The summed E-state index contributed by atoms with van der Waals surface area (Å²) < 4.78 is 0.696. The molecule has 1 saturated carbocycles. The van der Waals surface area contributed by atoms with Gasteiger partial charge in [-0.2, -0.15) is 11.8 Å². The van der Waals surface area contributed by atoms with Crippen molar-refractivity contribution in [2.75, 3.05) is 6.26 Å². The summed E-state index contributed by atoms with van der Waals surface area (Å²) in [5.74, 6) is -0.0658. The van der Waals surface area contributed by atoms with E-state index in [9.17, 15) is 4.79 Å². The Bertz CT molecular complexity index is 419. The summed E-state index contributed by atoms with van der Waals surface area (Å²) in [4.78, 5) is 16.2. The Morgan fingerprint density at radius 2 is 2.11 bits per heavy atom. The Morgan fingerprint density at radius 1 is 1.39 bits per heavy atom. The van der Waals surface area contributed by atoms with Crippen molar-refractivity contribution in [3.8, 4) is 0 Å². The first kappa shape index (κ1) is 13.9. The lowest BCUT2D eigenvalue weighted by Gasteiger charge is -2.27. The maximum atomic E-state index is 12.0. The van der Waals surface area contributed by atoms with Crippen LogP contribution in [0, 0.1) is 0 Å². The molecule has 0 aliphatic heterocycles. The van der Waals surface area contributed by atoms with Crippen LogP contribution in [0.1, 0.15) is 36.2 Å². The van der Waals surface area contributed by atoms with Crippen molar-refractivity contribution < 1.29 is 4.79 Å². The Kier molecular flexibility index (Phi) is 5.06. The molecular weight excluding hydrogens is 312 g/mol. The highest BCUT2D eigenvalue weighted by Crippen LogP contribution is 2.26. The molecule has 98 valence electrons. The number of halogens is 1. The molecule has 0 radical (unpaired) electrons. The molecule has 0 bridgehead atoms. The number of pyridine rings is 1. The van der Waals surface area contributed by atoms with Crippen LogP contribution in [-0.4, -0.2) is 28.4 Å². The van der Waals surface area contributed by atoms with E-state index in [4.69, 9.17) is 0 Å². The molecule has 1 fully saturated rings. The Hall–Kier alpha value is -0.550. The number of aromatic nitrogens is 1. The molecule has 1 aromatic rings. The minimum absolute atomic E-state index is 0.0658. The lowest BCUT2D eigenvalue weighted by molar-refractivity contribution is 0.0923. The van der Waals surface area contributed by atoms with E-state index in [2.05, 4.69) is 32.5 Å². The van der Waals surface area contributed by atoms with Gasteiger partial charge < -0.3 is 5.32 Å². The van der Waals surface area contributed by atoms with Gasteiger partial charge in [-0.05, 0) is 60.0 Å². The van der Waals surface area contributed by atoms with Gasteiger partial charge in [0.25, 0.3) is 5.91 Å². The third-order valence-electron chi connectivity index (χ3n) is 3.29. The average Bonchev–Trinajstić information content (AvgIpc) is 2.39. The Balaban J connectivity index is 1.89. The summed E-state index contributed by atoms with van der Waals surface area (Å²) in [6.45, 7) is 0. The summed E-state index contributed by atoms with van der Waals surface area (Å²) in [7, 11) is 0. The van der Waals surface area contributed by atoms with Gasteiger partial charge in [-0.1, -0.05) is 6.07 Å². The molecule has 0 saturated heterocycles. The SMILES string of the molecule is CSC1CCC(NC(=O)c2cccc(Br)n2)CC1. The number of carbonyl (C=O) groups excluding carboxylic acids is 1. The van der Waals surface area contributed by atoms with Crippen LogP contribution in [0.4, 0.5) is 0 Å². The molecule has 1 aliphatic rings. The van der Waals surface area contributed by atoms with E-state index >= 15 is 0 Å². The van der Waals surface area contributed by atoms with E-state index < -0.39 is 0 Å². The van der Waals surface area contributed by atoms with E-state index in [1.807, 2.05) is 23.9 Å². The number of hydrogen-bond acceptors (Lipinski definition) is 3. The first-order valence-corrected chi connectivity index (χ1v) is 8.23. The number of rotatable bonds is 3. The maximum Gasteiger partial charge on any atom is 0.270 e. The monoisotopic (exact) mass is 328 g/mol. The van der Waals surface area contributed by atoms with Crippen molar-refractivity contribution in [3.05, 3.63) is 28.5 Å². The molecule has 5 heteroatoms. The fraction of sp³-hybridized carbons (Fsp3) is 0.538. The van der Waals surface area contributed by atoms with Gasteiger partial charge in [0.05, 0.1) is 0 Å². The fourth-order valence-corrected chi connectivity index (χ4v) is 3.32. The summed E-state index contributed by atoms with van der Waals surface area (Å²) in [6, 6.07) is 5.70. The largest absolute Gasteiger partial charge is 0.348 e. The van der Waals surface area contributed by atoms with Gasteiger partial charge in [-0.25, -0.2) is 4.98 Å². The highest BCUT2D eigenvalue weighted by Gasteiger charge is 2.22. The number of amides is 1. The van der Waals surface area contributed by atoms with Crippen molar-refractivity contribution in [1.29, 1.82) is 0 Å². The van der Waals surface area contributed by atoms with Crippen molar-refractivity contribution in [3.63, 3.8) is 0 Å². The molecule has 1 N–H and O–H groups in total. The average molecular weight is 329 g/mol. The fourth-order valence-electron chi connectivity index (χ4n) is 2.24. The summed E-state index contributed by atoms with van der Waals surface area (Å²) in [5, 5.41) is 3.84. The van der Waals surface area contributed by atoms with Crippen molar-refractivity contribution in [2.45, 2.75) is 37.0 Å². The minimum atomic E-state index is -0.0658. The van der Waals surface area contributed by atoms with E-state index in [0.717, 1.165) is 18.1 Å². The molecule has 0 atom stereocenters. The van der Waals surface area contributed by atoms with Crippen LogP contribution < -0.4 is 5.32 Å². The maximum absolute atomic E-state index is 12.0. The number of hydrogen-bond donors (Lipinski definition) is 1. The predicted molar refractivity (Wildman–Crippen MR) is 79.0 cm³/mol. The molecule has 18 heavy (non-hydrogen) atoms. The van der Waals surface area contributed by atoms with Crippen LogP contribution in [0.2, 0.25) is 0 Å². The number of carbonyl (C=O) groups is 1. The third kappa shape index (κ3) is 3.72. The first-order valence-electron chi connectivity index (χ1n) is 6.15. The van der Waals surface area contributed by atoms with Gasteiger partial charge in [-0.15, -0.1) is 0 Å². The quantitative estimate of drug-likeness (QED) is 0.866. The molecule has 1 aromatic heterocycles. The van der Waals surface area contributed by atoms with Crippen LogP contribution in [0.3, 0.4) is 0 Å². The summed E-state index contributed by atoms with van der Waals surface area (Å²) in [5.41, 5.74) is 0.483. The zero-order chi connectivity index (χ0) is 13.0. The molecule has 0 unspecified atom stereocenters. The Labute approximate surface area is 120 Å². The van der Waals surface area contributed by atoms with E-state index in [0.29, 0.717) is 16.3 Å². The molecule has 1 aliphatic carbocycles. The lowest BCUT2D eigenvalue weighted by atomic mass is 9.95. The van der Waals surface area contributed by atoms with Crippen LogP contribution in [0.25, 0.3) is 0 Å². The standard InChI is InChI=1S/C13H17BrN2OS/c1-18-10-7-5-9(6-8-10)15-13(17)11-3-2-4-12(14)16-11/h2-4,9-10H,5-8H2,1H3,(H,15,17). The minimum Gasteiger partial charge on any atom is -0.348 e. The topological polar surface area (TPSA) is 42.0 Å². The van der Waals surface area contributed by atoms with Crippen LogP contribution in [0.5, 0.6) is 0 Å². The van der Waals surface area contributed by atoms with E-state index in [-0.39, 0.29) is 5.91 Å². The van der Waals surface area contributed by atoms with Crippen LogP contribution in [0.15, 0.2) is 22.8 Å². The molecular formula is C13H17BrN2OS. The van der Waals surface area contributed by atoms with Crippen molar-refractivity contribution in [1.82, 2.24) is 10.3 Å². The van der Waals surface area contributed by atoms with Gasteiger partial charge in [0, 0.05) is 11.3 Å². The summed E-state index contributed by atoms with van der Waals surface area (Å²) in [6.07, 6.45) is 6.70. The Morgan fingerprint density at radius 3 is 2.72 bits per heavy atom. The second kappa shape index (κ2) is 6.57. The molecule has 1 heterocycles. The van der Waals surface area contributed by atoms with Crippen LogP contribution >= 0.6 is 27.7 Å². The van der Waals surface area contributed by atoms with Gasteiger partial charge in [0.15, 0.2) is 0 Å². The molecule has 1 amide bonds. The van der Waals surface area contributed by atoms with Gasteiger partial charge >= 0.3 is 0 Å². The lowest BCUT2D eigenvalue weighted by Crippen LogP contribution is -2.38. The third-order valence-corrected chi connectivity index (χ3v) is 4.87. The van der Waals surface area contributed by atoms with Crippen molar-refractivity contribution in [2.24, 2.45) is 0 Å². The van der Waals surface area contributed by atoms with E-state index in [1.165, 1.54) is 12.8 Å². The van der Waals surface area contributed by atoms with Gasteiger partial charge in [0.1, 0.15) is 10.3 Å². The smallest absolute Gasteiger partial charge is 0.270 e. The number of nitrogens with one attached hydrogen (secondary N) is 1.